The van der Waals surface area contributed by atoms with Crippen LogP contribution in [-0.2, 0) is 4.79 Å². The lowest BCUT2D eigenvalue weighted by Crippen LogP contribution is -2.32. The van der Waals surface area contributed by atoms with Crippen LogP contribution in [0.25, 0.3) is 0 Å². The van der Waals surface area contributed by atoms with Gasteiger partial charge in [0.05, 0.1) is 18.7 Å². The molecule has 2 aromatic rings. The SMILES string of the molecule is CCOc1ccc(OCCNC(=O)COc2cc(C)ccc2C(N)=O)cc1. The van der Waals surface area contributed by atoms with Crippen molar-refractivity contribution in [2.45, 2.75) is 13.8 Å². The van der Waals surface area contributed by atoms with Crippen LogP contribution >= 0.6 is 0 Å². The van der Waals surface area contributed by atoms with Gasteiger partial charge in [0, 0.05) is 0 Å². The van der Waals surface area contributed by atoms with Gasteiger partial charge >= 0.3 is 0 Å². The highest BCUT2D eigenvalue weighted by atomic mass is 16.5. The molecule has 7 nitrogen and oxygen atoms in total. The highest BCUT2D eigenvalue weighted by Gasteiger charge is 2.11. The van der Waals surface area contributed by atoms with E-state index in [0.29, 0.717) is 31.3 Å². The number of primary amides is 1. The monoisotopic (exact) mass is 372 g/mol. The van der Waals surface area contributed by atoms with Crippen LogP contribution in [0.1, 0.15) is 22.8 Å². The van der Waals surface area contributed by atoms with E-state index in [1.54, 1.807) is 30.3 Å². The van der Waals surface area contributed by atoms with E-state index in [1.807, 2.05) is 26.0 Å². The average molecular weight is 372 g/mol. The van der Waals surface area contributed by atoms with Crippen molar-refractivity contribution in [3.63, 3.8) is 0 Å². The molecule has 0 unspecified atom stereocenters. The first-order chi connectivity index (χ1) is 13.0. The number of amides is 2. The Morgan fingerprint density at radius 3 is 2.30 bits per heavy atom. The summed E-state index contributed by atoms with van der Waals surface area (Å²) < 4.78 is 16.3. The molecule has 2 rings (SSSR count). The van der Waals surface area contributed by atoms with Crippen LogP contribution in [0.2, 0.25) is 0 Å². The van der Waals surface area contributed by atoms with Crippen molar-refractivity contribution >= 4 is 11.8 Å². The van der Waals surface area contributed by atoms with Crippen LogP contribution < -0.4 is 25.3 Å². The molecule has 0 radical (unpaired) electrons. The largest absolute Gasteiger partial charge is 0.494 e. The number of nitrogens with one attached hydrogen (secondary N) is 1. The van der Waals surface area contributed by atoms with Crippen LogP contribution in [0.4, 0.5) is 0 Å². The summed E-state index contributed by atoms with van der Waals surface area (Å²) in [5.74, 6) is 0.844. The average Bonchev–Trinajstić information content (AvgIpc) is 2.65. The van der Waals surface area contributed by atoms with Crippen molar-refractivity contribution < 1.29 is 23.8 Å². The normalized spacial score (nSPS) is 10.1. The number of nitrogens with two attached hydrogens (primary N) is 1. The molecule has 0 aliphatic rings. The fourth-order valence-electron chi connectivity index (χ4n) is 2.30. The zero-order chi connectivity index (χ0) is 19.6. The Hall–Kier alpha value is -3.22. The Kier molecular flexibility index (Phi) is 7.49. The zero-order valence-corrected chi connectivity index (χ0v) is 15.5. The van der Waals surface area contributed by atoms with Crippen molar-refractivity contribution in [3.8, 4) is 17.2 Å². The van der Waals surface area contributed by atoms with E-state index in [4.69, 9.17) is 19.9 Å². The lowest BCUT2D eigenvalue weighted by atomic mass is 10.1. The summed E-state index contributed by atoms with van der Waals surface area (Å²) in [4.78, 5) is 23.3. The van der Waals surface area contributed by atoms with E-state index in [2.05, 4.69) is 5.32 Å². The highest BCUT2D eigenvalue weighted by Crippen LogP contribution is 2.20. The van der Waals surface area contributed by atoms with Gasteiger partial charge in [0.2, 0.25) is 0 Å². The highest BCUT2D eigenvalue weighted by molar-refractivity contribution is 5.95. The van der Waals surface area contributed by atoms with Crippen molar-refractivity contribution in [2.75, 3.05) is 26.4 Å². The van der Waals surface area contributed by atoms with Crippen molar-refractivity contribution in [1.82, 2.24) is 5.32 Å². The molecule has 0 bridgehead atoms. The minimum Gasteiger partial charge on any atom is -0.494 e. The molecular weight excluding hydrogens is 348 g/mol. The summed E-state index contributed by atoms with van der Waals surface area (Å²) in [5, 5.41) is 2.69. The molecule has 0 aliphatic carbocycles. The van der Waals surface area contributed by atoms with Crippen molar-refractivity contribution in [3.05, 3.63) is 53.6 Å². The summed E-state index contributed by atoms with van der Waals surface area (Å²) in [5.41, 5.74) is 6.45. The van der Waals surface area contributed by atoms with Gasteiger partial charge in [-0.05, 0) is 55.8 Å². The van der Waals surface area contributed by atoms with Crippen LogP contribution in [0.15, 0.2) is 42.5 Å². The molecular formula is C20H24N2O5. The van der Waals surface area contributed by atoms with Gasteiger partial charge in [0.1, 0.15) is 23.9 Å². The molecule has 0 aliphatic heterocycles. The van der Waals surface area contributed by atoms with E-state index in [1.165, 1.54) is 0 Å². The molecule has 0 atom stereocenters. The molecule has 2 aromatic carbocycles. The third-order valence-corrected chi connectivity index (χ3v) is 3.59. The van der Waals surface area contributed by atoms with Crippen molar-refractivity contribution in [2.24, 2.45) is 5.73 Å². The predicted octanol–water partition coefficient (Wildman–Crippen LogP) is 2.07. The molecule has 2 amide bonds. The maximum atomic E-state index is 11.9. The predicted molar refractivity (Wildman–Crippen MR) is 101 cm³/mol. The number of hydrogen-bond donors (Lipinski definition) is 2. The van der Waals surface area contributed by atoms with Gasteiger partial charge in [-0.1, -0.05) is 6.07 Å². The number of benzene rings is 2. The van der Waals surface area contributed by atoms with Gasteiger partial charge in [-0.25, -0.2) is 0 Å². The molecule has 0 aromatic heterocycles. The lowest BCUT2D eigenvalue weighted by molar-refractivity contribution is -0.123. The quantitative estimate of drug-likeness (QED) is 0.622. The first kappa shape index (κ1) is 20.1. The number of aryl methyl sites for hydroxylation is 1. The molecule has 0 heterocycles. The minimum absolute atomic E-state index is 0.215. The molecule has 0 fully saturated rings. The van der Waals surface area contributed by atoms with Gasteiger partial charge in [-0.3, -0.25) is 9.59 Å². The molecule has 0 saturated carbocycles. The van der Waals surface area contributed by atoms with Gasteiger partial charge in [-0.15, -0.1) is 0 Å². The van der Waals surface area contributed by atoms with Crippen LogP contribution in [0.5, 0.6) is 17.2 Å². The first-order valence-corrected chi connectivity index (χ1v) is 8.65. The second-order valence-electron chi connectivity index (χ2n) is 5.76. The number of carbonyl (C=O) groups excluding carboxylic acids is 2. The lowest BCUT2D eigenvalue weighted by Gasteiger charge is -2.11. The van der Waals surface area contributed by atoms with Gasteiger partial charge < -0.3 is 25.3 Å². The van der Waals surface area contributed by atoms with Crippen LogP contribution in [-0.4, -0.2) is 38.2 Å². The molecule has 27 heavy (non-hydrogen) atoms. The Labute approximate surface area is 158 Å². The zero-order valence-electron chi connectivity index (χ0n) is 15.5. The second-order valence-corrected chi connectivity index (χ2v) is 5.76. The summed E-state index contributed by atoms with van der Waals surface area (Å²) in [6.07, 6.45) is 0. The Bertz CT molecular complexity index is 774. The van der Waals surface area contributed by atoms with Gasteiger partial charge in [-0.2, -0.15) is 0 Å². The second kappa shape index (κ2) is 10.1. The summed E-state index contributed by atoms with van der Waals surface area (Å²) in [7, 11) is 0. The summed E-state index contributed by atoms with van der Waals surface area (Å²) in [6, 6.07) is 12.3. The summed E-state index contributed by atoms with van der Waals surface area (Å²) >= 11 is 0. The third kappa shape index (κ3) is 6.54. The maximum absolute atomic E-state index is 11.9. The Morgan fingerprint density at radius 2 is 1.67 bits per heavy atom. The van der Waals surface area contributed by atoms with E-state index in [-0.39, 0.29) is 18.1 Å². The molecule has 7 heteroatoms. The van der Waals surface area contributed by atoms with E-state index < -0.39 is 5.91 Å². The fourth-order valence-corrected chi connectivity index (χ4v) is 2.30. The van der Waals surface area contributed by atoms with E-state index in [9.17, 15) is 9.59 Å². The van der Waals surface area contributed by atoms with Gasteiger partial charge in [0.25, 0.3) is 11.8 Å². The minimum atomic E-state index is -0.603. The standard InChI is InChI=1S/C20H24N2O5/c1-3-25-15-5-7-16(8-6-15)26-11-10-22-19(23)13-27-18-12-14(2)4-9-17(18)20(21)24/h4-9,12H,3,10-11,13H2,1-2H3,(H2,21,24)(H,22,23). The number of carbonyl (C=O) groups is 2. The fraction of sp³-hybridized carbons (Fsp3) is 0.300. The van der Waals surface area contributed by atoms with Gasteiger partial charge in [0.15, 0.2) is 6.61 Å². The Morgan fingerprint density at radius 1 is 1.00 bits per heavy atom. The number of hydrogen-bond acceptors (Lipinski definition) is 5. The number of rotatable bonds is 10. The van der Waals surface area contributed by atoms with Crippen LogP contribution in [0.3, 0.4) is 0 Å². The van der Waals surface area contributed by atoms with Crippen LogP contribution in [0, 0.1) is 6.92 Å². The smallest absolute Gasteiger partial charge is 0.258 e. The molecule has 3 N–H and O–H groups in total. The van der Waals surface area contributed by atoms with E-state index in [0.717, 1.165) is 11.3 Å². The topological polar surface area (TPSA) is 99.9 Å². The van der Waals surface area contributed by atoms with E-state index >= 15 is 0 Å². The molecule has 144 valence electrons. The number of ether oxygens (including phenoxy) is 3. The molecule has 0 spiro atoms. The molecule has 0 saturated heterocycles. The third-order valence-electron chi connectivity index (χ3n) is 3.59. The first-order valence-electron chi connectivity index (χ1n) is 8.65. The summed E-state index contributed by atoms with van der Waals surface area (Å²) in [6.45, 7) is 4.81. The van der Waals surface area contributed by atoms with Crippen molar-refractivity contribution in [1.29, 1.82) is 0 Å². The maximum Gasteiger partial charge on any atom is 0.258 e. The Balaban J connectivity index is 1.72.